The molecule has 0 bridgehead atoms. The second-order valence-corrected chi connectivity index (χ2v) is 2.96. The molecule has 0 aliphatic rings. The molecule has 0 aromatic heterocycles. The molecule has 1 rings (SSSR count). The first-order valence-corrected chi connectivity index (χ1v) is 4.18. The van der Waals surface area contributed by atoms with Gasteiger partial charge in [-0.15, -0.1) is 0 Å². The normalized spacial score (nSPS) is 9.31. The molecule has 0 heterocycles. The smallest absolute Gasteiger partial charge is 0.251 e. The summed E-state index contributed by atoms with van der Waals surface area (Å²) >= 11 is 4.79. The molecular weight excluding hydrogens is 184 g/mol. The predicted molar refractivity (Wildman–Crippen MR) is 55.7 cm³/mol. The highest BCUT2D eigenvalue weighted by molar-refractivity contribution is 7.80. The van der Waals surface area contributed by atoms with Crippen molar-refractivity contribution in [1.82, 2.24) is 5.32 Å². The summed E-state index contributed by atoms with van der Waals surface area (Å²) in [6.45, 7) is 0. The van der Waals surface area contributed by atoms with Crippen LogP contribution in [0.5, 0.6) is 0 Å². The summed E-state index contributed by atoms with van der Waals surface area (Å²) in [6.07, 6.45) is 0. The molecule has 3 N–H and O–H groups in total. The van der Waals surface area contributed by atoms with Gasteiger partial charge in [0.2, 0.25) is 0 Å². The molecule has 0 saturated carbocycles. The molecule has 4 heteroatoms. The molecule has 0 fully saturated rings. The van der Waals surface area contributed by atoms with Gasteiger partial charge in [-0.1, -0.05) is 24.4 Å². The summed E-state index contributed by atoms with van der Waals surface area (Å²) in [6, 6.07) is 6.90. The van der Waals surface area contributed by atoms with Crippen molar-refractivity contribution in [2.24, 2.45) is 5.73 Å². The SMILES string of the molecule is CNC(=O)c1cccc(C(N)=S)c1. The van der Waals surface area contributed by atoms with Gasteiger partial charge in [0.1, 0.15) is 4.99 Å². The van der Waals surface area contributed by atoms with Crippen LogP contribution in [-0.2, 0) is 0 Å². The van der Waals surface area contributed by atoms with Gasteiger partial charge in [-0.25, -0.2) is 0 Å². The lowest BCUT2D eigenvalue weighted by Crippen LogP contribution is -2.18. The van der Waals surface area contributed by atoms with Gasteiger partial charge in [-0.05, 0) is 12.1 Å². The highest BCUT2D eigenvalue weighted by atomic mass is 32.1. The maximum Gasteiger partial charge on any atom is 0.251 e. The number of benzene rings is 1. The third-order valence-electron chi connectivity index (χ3n) is 1.64. The standard InChI is InChI=1S/C9H10N2OS/c1-11-9(12)7-4-2-3-6(5-7)8(10)13/h2-5H,1H3,(H2,10,13)(H,11,12). The third kappa shape index (κ3) is 2.26. The Morgan fingerprint density at radius 2 is 2.08 bits per heavy atom. The Morgan fingerprint density at radius 3 is 2.62 bits per heavy atom. The zero-order valence-electron chi connectivity index (χ0n) is 7.20. The summed E-state index contributed by atoms with van der Waals surface area (Å²) in [5.74, 6) is -0.141. The van der Waals surface area contributed by atoms with E-state index in [1.54, 1.807) is 31.3 Å². The fourth-order valence-corrected chi connectivity index (χ4v) is 1.09. The van der Waals surface area contributed by atoms with E-state index in [0.717, 1.165) is 0 Å². The Kier molecular flexibility index (Phi) is 2.97. The number of nitrogens with one attached hydrogen (secondary N) is 1. The highest BCUT2D eigenvalue weighted by Gasteiger charge is 2.03. The van der Waals surface area contributed by atoms with E-state index in [0.29, 0.717) is 16.1 Å². The molecule has 0 radical (unpaired) electrons. The number of thiocarbonyl (C=S) groups is 1. The third-order valence-corrected chi connectivity index (χ3v) is 1.87. The van der Waals surface area contributed by atoms with E-state index < -0.39 is 0 Å². The lowest BCUT2D eigenvalue weighted by molar-refractivity contribution is 0.0963. The molecular formula is C9H10N2OS. The number of hydrogen-bond acceptors (Lipinski definition) is 2. The van der Waals surface area contributed by atoms with Gasteiger partial charge in [0.25, 0.3) is 5.91 Å². The van der Waals surface area contributed by atoms with Crippen molar-refractivity contribution in [1.29, 1.82) is 0 Å². The quantitative estimate of drug-likeness (QED) is 0.681. The molecule has 13 heavy (non-hydrogen) atoms. The number of carbonyl (C=O) groups excluding carboxylic acids is 1. The van der Waals surface area contributed by atoms with Crippen LogP contribution in [0.4, 0.5) is 0 Å². The summed E-state index contributed by atoms with van der Waals surface area (Å²) in [7, 11) is 1.58. The lowest BCUT2D eigenvalue weighted by Gasteiger charge is -2.01. The first-order valence-electron chi connectivity index (χ1n) is 3.77. The second-order valence-electron chi connectivity index (χ2n) is 2.52. The van der Waals surface area contributed by atoms with Crippen molar-refractivity contribution in [3.63, 3.8) is 0 Å². The van der Waals surface area contributed by atoms with Crippen molar-refractivity contribution < 1.29 is 4.79 Å². The van der Waals surface area contributed by atoms with Crippen molar-refractivity contribution in [2.75, 3.05) is 7.05 Å². The average Bonchev–Trinajstić information content (AvgIpc) is 2.17. The first kappa shape index (κ1) is 9.67. The topological polar surface area (TPSA) is 55.1 Å². The zero-order chi connectivity index (χ0) is 9.84. The van der Waals surface area contributed by atoms with E-state index in [-0.39, 0.29) is 5.91 Å². The molecule has 0 atom stereocenters. The molecule has 3 nitrogen and oxygen atoms in total. The van der Waals surface area contributed by atoms with E-state index in [1.165, 1.54) is 0 Å². The average molecular weight is 194 g/mol. The van der Waals surface area contributed by atoms with E-state index in [2.05, 4.69) is 5.32 Å². The number of amides is 1. The molecule has 0 spiro atoms. The van der Waals surface area contributed by atoms with E-state index in [9.17, 15) is 4.79 Å². The Hall–Kier alpha value is -1.42. The molecule has 1 aromatic carbocycles. The van der Waals surface area contributed by atoms with Gasteiger partial charge in [0.15, 0.2) is 0 Å². The number of hydrogen-bond donors (Lipinski definition) is 2. The Balaban J connectivity index is 3.05. The molecule has 0 aliphatic carbocycles. The minimum atomic E-state index is -0.141. The van der Waals surface area contributed by atoms with Crippen molar-refractivity contribution in [2.45, 2.75) is 0 Å². The minimum absolute atomic E-state index is 0.141. The van der Waals surface area contributed by atoms with E-state index in [1.807, 2.05) is 0 Å². The van der Waals surface area contributed by atoms with Crippen LogP contribution < -0.4 is 11.1 Å². The molecule has 1 amide bonds. The van der Waals surface area contributed by atoms with Crippen LogP contribution in [0.3, 0.4) is 0 Å². The van der Waals surface area contributed by atoms with Crippen molar-refractivity contribution in [3.05, 3.63) is 35.4 Å². The van der Waals surface area contributed by atoms with Crippen LogP contribution in [-0.4, -0.2) is 17.9 Å². The van der Waals surface area contributed by atoms with Crippen LogP contribution in [0.1, 0.15) is 15.9 Å². The maximum absolute atomic E-state index is 11.2. The van der Waals surface area contributed by atoms with Crippen LogP contribution in [0, 0.1) is 0 Å². The molecule has 68 valence electrons. The van der Waals surface area contributed by atoms with Gasteiger partial charge in [0, 0.05) is 18.2 Å². The fourth-order valence-electron chi connectivity index (χ4n) is 0.958. The number of nitrogens with two attached hydrogens (primary N) is 1. The van der Waals surface area contributed by atoms with Crippen LogP contribution >= 0.6 is 12.2 Å². The summed E-state index contributed by atoms with van der Waals surface area (Å²) in [5.41, 5.74) is 6.69. The zero-order valence-corrected chi connectivity index (χ0v) is 8.02. The second kappa shape index (κ2) is 4.00. The lowest BCUT2D eigenvalue weighted by atomic mass is 10.1. The van der Waals surface area contributed by atoms with Crippen molar-refractivity contribution in [3.8, 4) is 0 Å². The predicted octanol–water partition coefficient (Wildman–Crippen LogP) is 0.680. The van der Waals surface area contributed by atoms with Gasteiger partial charge in [0.05, 0.1) is 0 Å². The Labute approximate surface area is 81.9 Å². The maximum atomic E-state index is 11.2. The Bertz CT molecular complexity index is 349. The molecule has 0 unspecified atom stereocenters. The first-order chi connectivity index (χ1) is 6.15. The molecule has 0 aliphatic heterocycles. The fraction of sp³-hybridized carbons (Fsp3) is 0.111. The molecule has 0 saturated heterocycles. The van der Waals surface area contributed by atoms with Gasteiger partial charge >= 0.3 is 0 Å². The van der Waals surface area contributed by atoms with Gasteiger partial charge < -0.3 is 11.1 Å². The van der Waals surface area contributed by atoms with Crippen LogP contribution in [0.2, 0.25) is 0 Å². The van der Waals surface area contributed by atoms with Crippen molar-refractivity contribution >= 4 is 23.1 Å². The van der Waals surface area contributed by atoms with Gasteiger partial charge in [-0.2, -0.15) is 0 Å². The summed E-state index contributed by atoms with van der Waals surface area (Å²) in [4.78, 5) is 11.5. The minimum Gasteiger partial charge on any atom is -0.389 e. The summed E-state index contributed by atoms with van der Waals surface area (Å²) < 4.78 is 0. The molecule has 1 aromatic rings. The largest absolute Gasteiger partial charge is 0.389 e. The van der Waals surface area contributed by atoms with E-state index >= 15 is 0 Å². The number of carbonyl (C=O) groups is 1. The Morgan fingerprint density at radius 1 is 1.46 bits per heavy atom. The summed E-state index contributed by atoms with van der Waals surface area (Å²) in [5, 5.41) is 2.52. The van der Waals surface area contributed by atoms with E-state index in [4.69, 9.17) is 18.0 Å². The monoisotopic (exact) mass is 194 g/mol. The van der Waals surface area contributed by atoms with Gasteiger partial charge in [-0.3, -0.25) is 4.79 Å². The number of rotatable bonds is 2. The highest BCUT2D eigenvalue weighted by Crippen LogP contribution is 2.04. The van der Waals surface area contributed by atoms with Crippen LogP contribution in [0.25, 0.3) is 0 Å². The van der Waals surface area contributed by atoms with Crippen LogP contribution in [0.15, 0.2) is 24.3 Å².